The summed E-state index contributed by atoms with van der Waals surface area (Å²) in [5, 5.41) is 4.90. The first-order valence-corrected chi connectivity index (χ1v) is 22.2. The van der Waals surface area contributed by atoms with Crippen LogP contribution in [0.2, 0.25) is 0 Å². The molecular formula is C63H43N. The molecule has 0 aromatic heterocycles. The quantitative estimate of drug-likeness (QED) is 0.148. The van der Waals surface area contributed by atoms with Crippen LogP contribution in [0.1, 0.15) is 22.3 Å². The van der Waals surface area contributed by atoms with E-state index in [9.17, 15) is 0 Å². The standard InChI is InChI=1S/C63H43N/c1-4-17-44(18-5-1)47-35-38-55(39-36-47)64(60-30-16-29-59-62(60)57-27-14-15-28-58(57)63(59,53-23-6-2-7-24-53)54-25-8-3-9-26-54)61-43-51(50-33-31-45-19-10-12-21-48(45)41-50)37-40-56(61)52-34-32-46-20-11-13-22-49(46)42-52/h1-43H. The molecule has 0 amide bonds. The highest BCUT2D eigenvalue weighted by Crippen LogP contribution is 2.60. The van der Waals surface area contributed by atoms with Gasteiger partial charge in [-0.25, -0.2) is 0 Å². The molecule has 0 radical (unpaired) electrons. The fourth-order valence-electron chi connectivity index (χ4n) is 10.4. The SMILES string of the molecule is c1ccc(-c2ccc(N(c3cc(-c4ccc5ccccc5c4)ccc3-c3ccc4ccccc4c3)c3cccc4c3-c3ccccc3C4(c3ccccc3)c3ccccc3)cc2)cc1. The van der Waals surface area contributed by atoms with Crippen molar-refractivity contribution in [3.05, 3.63) is 283 Å². The highest BCUT2D eigenvalue weighted by atomic mass is 15.1. The summed E-state index contributed by atoms with van der Waals surface area (Å²) in [6.07, 6.45) is 0. The molecule has 11 aromatic rings. The first-order chi connectivity index (χ1) is 31.7. The molecule has 0 heterocycles. The van der Waals surface area contributed by atoms with E-state index in [-0.39, 0.29) is 0 Å². The Morgan fingerprint density at radius 3 is 1.42 bits per heavy atom. The number of hydrogen-bond donors (Lipinski definition) is 0. The molecule has 0 saturated heterocycles. The summed E-state index contributed by atoms with van der Waals surface area (Å²) in [6.45, 7) is 0. The van der Waals surface area contributed by atoms with E-state index >= 15 is 0 Å². The highest BCUT2D eigenvalue weighted by Gasteiger charge is 2.47. The minimum Gasteiger partial charge on any atom is -0.309 e. The summed E-state index contributed by atoms with van der Waals surface area (Å²) in [5.41, 5.74) is 17.3. The maximum atomic E-state index is 2.53. The molecule has 0 aliphatic heterocycles. The Labute approximate surface area is 374 Å². The van der Waals surface area contributed by atoms with E-state index in [4.69, 9.17) is 0 Å². The third-order valence-corrected chi connectivity index (χ3v) is 13.3. The number of anilines is 3. The van der Waals surface area contributed by atoms with Crippen LogP contribution in [0.5, 0.6) is 0 Å². The molecule has 1 aliphatic carbocycles. The molecule has 12 rings (SSSR count). The summed E-state index contributed by atoms with van der Waals surface area (Å²) in [5.74, 6) is 0. The molecule has 64 heavy (non-hydrogen) atoms. The fraction of sp³-hybridized carbons (Fsp3) is 0.0159. The number of nitrogens with zero attached hydrogens (tertiary/aromatic N) is 1. The Morgan fingerprint density at radius 2 is 0.750 bits per heavy atom. The van der Waals surface area contributed by atoms with E-state index in [0.717, 1.165) is 28.2 Å². The molecule has 0 N–H and O–H groups in total. The molecule has 0 saturated carbocycles. The van der Waals surface area contributed by atoms with E-state index in [1.807, 2.05) is 0 Å². The van der Waals surface area contributed by atoms with Crippen LogP contribution in [-0.4, -0.2) is 0 Å². The van der Waals surface area contributed by atoms with Gasteiger partial charge in [0.15, 0.2) is 0 Å². The van der Waals surface area contributed by atoms with Gasteiger partial charge in [0.05, 0.1) is 16.8 Å². The lowest BCUT2D eigenvalue weighted by molar-refractivity contribution is 0.768. The van der Waals surface area contributed by atoms with Crippen molar-refractivity contribution >= 4 is 38.6 Å². The van der Waals surface area contributed by atoms with Gasteiger partial charge in [0.1, 0.15) is 0 Å². The number of hydrogen-bond acceptors (Lipinski definition) is 1. The van der Waals surface area contributed by atoms with Gasteiger partial charge in [-0.3, -0.25) is 0 Å². The minimum absolute atomic E-state index is 0.540. The van der Waals surface area contributed by atoms with Crippen LogP contribution < -0.4 is 4.90 Å². The second-order valence-electron chi connectivity index (χ2n) is 16.8. The Kier molecular flexibility index (Phi) is 9.13. The van der Waals surface area contributed by atoms with Gasteiger partial charge in [0, 0.05) is 16.8 Å². The van der Waals surface area contributed by atoms with E-state index in [1.165, 1.54) is 77.2 Å². The Balaban J connectivity index is 1.17. The molecule has 0 fully saturated rings. The van der Waals surface area contributed by atoms with E-state index in [0.29, 0.717) is 0 Å². The molecule has 0 atom stereocenters. The van der Waals surface area contributed by atoms with Crippen LogP contribution in [0.3, 0.4) is 0 Å². The topological polar surface area (TPSA) is 3.24 Å². The lowest BCUT2D eigenvalue weighted by Crippen LogP contribution is -2.28. The zero-order valence-corrected chi connectivity index (χ0v) is 35.3. The van der Waals surface area contributed by atoms with E-state index in [1.54, 1.807) is 0 Å². The zero-order valence-electron chi connectivity index (χ0n) is 35.3. The summed E-state index contributed by atoms with van der Waals surface area (Å²) in [4.78, 5) is 2.53. The van der Waals surface area contributed by atoms with Gasteiger partial charge in [-0.1, -0.05) is 224 Å². The predicted molar refractivity (Wildman–Crippen MR) is 270 cm³/mol. The summed E-state index contributed by atoms with van der Waals surface area (Å²) in [6, 6.07) is 96.1. The minimum atomic E-state index is -0.540. The molecule has 1 nitrogen and oxygen atoms in total. The maximum absolute atomic E-state index is 2.53. The Hall–Kier alpha value is -8.26. The predicted octanol–water partition coefficient (Wildman–Crippen LogP) is 16.8. The van der Waals surface area contributed by atoms with Crippen molar-refractivity contribution in [3.8, 4) is 44.5 Å². The van der Waals surface area contributed by atoms with Gasteiger partial charge in [-0.05, 0) is 114 Å². The zero-order chi connectivity index (χ0) is 42.5. The van der Waals surface area contributed by atoms with Gasteiger partial charge >= 0.3 is 0 Å². The van der Waals surface area contributed by atoms with Crippen molar-refractivity contribution in [2.24, 2.45) is 0 Å². The normalized spacial score (nSPS) is 12.5. The van der Waals surface area contributed by atoms with Gasteiger partial charge in [-0.15, -0.1) is 0 Å². The molecule has 1 heteroatoms. The molecule has 0 spiro atoms. The van der Waals surface area contributed by atoms with Crippen LogP contribution >= 0.6 is 0 Å². The Bertz CT molecular complexity index is 3440. The molecular weight excluding hydrogens is 771 g/mol. The molecule has 0 bridgehead atoms. The van der Waals surface area contributed by atoms with Crippen molar-refractivity contribution in [2.75, 3.05) is 4.90 Å². The summed E-state index contributed by atoms with van der Waals surface area (Å²) in [7, 11) is 0. The van der Waals surface area contributed by atoms with Crippen LogP contribution in [-0.2, 0) is 5.41 Å². The van der Waals surface area contributed by atoms with Gasteiger partial charge in [0.2, 0.25) is 0 Å². The third-order valence-electron chi connectivity index (χ3n) is 13.3. The van der Waals surface area contributed by atoms with E-state index in [2.05, 4.69) is 266 Å². The number of rotatable bonds is 8. The van der Waals surface area contributed by atoms with Crippen molar-refractivity contribution in [1.29, 1.82) is 0 Å². The monoisotopic (exact) mass is 813 g/mol. The smallest absolute Gasteiger partial charge is 0.0714 e. The highest BCUT2D eigenvalue weighted by molar-refractivity contribution is 6.01. The Morgan fingerprint density at radius 1 is 0.266 bits per heavy atom. The second kappa shape index (κ2) is 15.6. The van der Waals surface area contributed by atoms with Gasteiger partial charge in [0.25, 0.3) is 0 Å². The van der Waals surface area contributed by atoms with Crippen LogP contribution in [0, 0.1) is 0 Å². The summed E-state index contributed by atoms with van der Waals surface area (Å²) >= 11 is 0. The lowest BCUT2D eigenvalue weighted by atomic mass is 9.68. The molecule has 0 unspecified atom stereocenters. The van der Waals surface area contributed by atoms with Crippen LogP contribution in [0.25, 0.3) is 66.1 Å². The van der Waals surface area contributed by atoms with Crippen molar-refractivity contribution in [2.45, 2.75) is 5.41 Å². The first kappa shape index (κ1) is 37.5. The molecule has 300 valence electrons. The lowest BCUT2D eigenvalue weighted by Gasteiger charge is -2.34. The fourth-order valence-corrected chi connectivity index (χ4v) is 10.4. The van der Waals surface area contributed by atoms with Crippen molar-refractivity contribution in [3.63, 3.8) is 0 Å². The van der Waals surface area contributed by atoms with Gasteiger partial charge < -0.3 is 4.90 Å². The van der Waals surface area contributed by atoms with Crippen molar-refractivity contribution in [1.82, 2.24) is 0 Å². The average molecular weight is 814 g/mol. The number of fused-ring (bicyclic) bond motifs is 5. The van der Waals surface area contributed by atoms with E-state index < -0.39 is 5.41 Å². The first-order valence-electron chi connectivity index (χ1n) is 22.2. The van der Waals surface area contributed by atoms with Gasteiger partial charge in [-0.2, -0.15) is 0 Å². The second-order valence-corrected chi connectivity index (χ2v) is 16.8. The number of benzene rings is 11. The van der Waals surface area contributed by atoms with Crippen molar-refractivity contribution < 1.29 is 0 Å². The van der Waals surface area contributed by atoms with Crippen LogP contribution in [0.4, 0.5) is 17.1 Å². The molecule has 11 aromatic carbocycles. The maximum Gasteiger partial charge on any atom is 0.0714 e. The van der Waals surface area contributed by atoms with Crippen LogP contribution in [0.15, 0.2) is 261 Å². The largest absolute Gasteiger partial charge is 0.309 e. The average Bonchev–Trinajstić information content (AvgIpc) is 3.69. The molecule has 1 aliphatic rings. The third kappa shape index (κ3) is 6.16. The summed E-state index contributed by atoms with van der Waals surface area (Å²) < 4.78 is 0.